The fourth-order valence-electron chi connectivity index (χ4n) is 2.31. The third kappa shape index (κ3) is 4.47. The number of nitrogens with one attached hydrogen (secondary N) is 2. The van der Waals surface area contributed by atoms with Crippen molar-refractivity contribution in [3.63, 3.8) is 0 Å². The molecule has 1 heterocycles. The van der Waals surface area contributed by atoms with Gasteiger partial charge in [-0.15, -0.1) is 0 Å². The maximum absolute atomic E-state index is 12.1. The lowest BCUT2D eigenvalue weighted by Crippen LogP contribution is -2.20. The first-order valence-corrected chi connectivity index (χ1v) is 8.01. The van der Waals surface area contributed by atoms with Crippen molar-refractivity contribution < 1.29 is 14.3 Å². The molecule has 0 spiro atoms. The minimum absolute atomic E-state index is 0.0509. The third-order valence-electron chi connectivity index (χ3n) is 3.55. The quantitative estimate of drug-likeness (QED) is 0.716. The van der Waals surface area contributed by atoms with E-state index < -0.39 is 0 Å². The molecule has 2 amide bonds. The molecule has 0 fully saturated rings. The molecule has 0 aliphatic rings. The number of nitrogens with zero attached hydrogens (tertiary/aromatic N) is 2. The lowest BCUT2D eigenvalue weighted by molar-refractivity contribution is -0.116. The summed E-state index contributed by atoms with van der Waals surface area (Å²) < 4.78 is 7.14. The van der Waals surface area contributed by atoms with Gasteiger partial charge in [-0.1, -0.05) is 18.2 Å². The first kappa shape index (κ1) is 17.2. The van der Waals surface area contributed by atoms with Crippen LogP contribution in [0.5, 0.6) is 11.5 Å². The standard InChI is InChI=1S/C19H18N4O3/c1-20-19(25)14-7-9-15(10-8-14)22-18(24)13-23-12-17(11-21-23)26-16-5-3-2-4-6-16/h2-12H,13H2,1H3,(H,20,25)(H,22,24). The van der Waals surface area contributed by atoms with Gasteiger partial charge in [0.05, 0.1) is 12.4 Å². The molecule has 0 atom stereocenters. The fraction of sp³-hybridized carbons (Fsp3) is 0.105. The summed E-state index contributed by atoms with van der Waals surface area (Å²) in [7, 11) is 1.57. The average Bonchev–Trinajstić information content (AvgIpc) is 3.09. The van der Waals surface area contributed by atoms with Crippen LogP contribution in [0.15, 0.2) is 67.0 Å². The SMILES string of the molecule is CNC(=O)c1ccc(NC(=O)Cn2cc(Oc3ccccc3)cn2)cc1. The van der Waals surface area contributed by atoms with Crippen molar-refractivity contribution in [2.75, 3.05) is 12.4 Å². The summed E-state index contributed by atoms with van der Waals surface area (Å²) in [6.45, 7) is 0.0509. The smallest absolute Gasteiger partial charge is 0.251 e. The Balaban J connectivity index is 1.56. The molecular formula is C19H18N4O3. The van der Waals surface area contributed by atoms with E-state index in [2.05, 4.69) is 15.7 Å². The zero-order chi connectivity index (χ0) is 18.4. The molecule has 7 heteroatoms. The Kier molecular flexibility index (Phi) is 5.28. The molecule has 0 aliphatic carbocycles. The van der Waals surface area contributed by atoms with Gasteiger partial charge in [-0.3, -0.25) is 14.3 Å². The van der Waals surface area contributed by atoms with E-state index in [1.54, 1.807) is 43.7 Å². The molecule has 0 aliphatic heterocycles. The van der Waals surface area contributed by atoms with Gasteiger partial charge in [0.1, 0.15) is 12.3 Å². The largest absolute Gasteiger partial charge is 0.454 e. The highest BCUT2D eigenvalue weighted by molar-refractivity contribution is 5.95. The van der Waals surface area contributed by atoms with Crippen LogP contribution in [-0.4, -0.2) is 28.6 Å². The molecule has 3 aromatic rings. The Bertz CT molecular complexity index is 889. The molecule has 0 saturated heterocycles. The van der Waals surface area contributed by atoms with E-state index in [1.807, 2.05) is 30.3 Å². The lowest BCUT2D eigenvalue weighted by Gasteiger charge is -2.06. The zero-order valence-electron chi connectivity index (χ0n) is 14.2. The van der Waals surface area contributed by atoms with Crippen LogP contribution in [-0.2, 0) is 11.3 Å². The second-order valence-electron chi connectivity index (χ2n) is 5.49. The summed E-state index contributed by atoms with van der Waals surface area (Å²) in [5.41, 5.74) is 1.14. The number of para-hydroxylation sites is 1. The molecule has 2 N–H and O–H groups in total. The number of ether oxygens (including phenoxy) is 1. The van der Waals surface area contributed by atoms with Crippen molar-refractivity contribution in [2.45, 2.75) is 6.54 Å². The number of hydrogen-bond acceptors (Lipinski definition) is 4. The van der Waals surface area contributed by atoms with Crippen molar-refractivity contribution in [3.05, 3.63) is 72.6 Å². The number of carbonyl (C=O) groups is 2. The normalized spacial score (nSPS) is 10.2. The molecule has 2 aromatic carbocycles. The number of hydrogen-bond donors (Lipinski definition) is 2. The number of benzene rings is 2. The van der Waals surface area contributed by atoms with Gasteiger partial charge in [-0.2, -0.15) is 5.10 Å². The van der Waals surface area contributed by atoms with E-state index in [1.165, 1.54) is 4.68 Å². The van der Waals surface area contributed by atoms with Gasteiger partial charge < -0.3 is 15.4 Å². The van der Waals surface area contributed by atoms with Crippen molar-refractivity contribution in [1.82, 2.24) is 15.1 Å². The molecule has 1 aromatic heterocycles. The van der Waals surface area contributed by atoms with E-state index in [-0.39, 0.29) is 18.4 Å². The van der Waals surface area contributed by atoms with E-state index in [0.29, 0.717) is 22.7 Å². The van der Waals surface area contributed by atoms with Gasteiger partial charge in [0, 0.05) is 18.3 Å². The minimum Gasteiger partial charge on any atom is -0.454 e. The summed E-state index contributed by atoms with van der Waals surface area (Å²) in [4.78, 5) is 23.6. The number of anilines is 1. The van der Waals surface area contributed by atoms with Gasteiger partial charge in [-0.25, -0.2) is 0 Å². The monoisotopic (exact) mass is 350 g/mol. The van der Waals surface area contributed by atoms with Gasteiger partial charge in [0.15, 0.2) is 5.75 Å². The number of rotatable bonds is 6. The van der Waals surface area contributed by atoms with Crippen LogP contribution in [0.1, 0.15) is 10.4 Å². The van der Waals surface area contributed by atoms with Crippen LogP contribution in [0, 0.1) is 0 Å². The summed E-state index contributed by atoms with van der Waals surface area (Å²) in [5.74, 6) is 0.851. The van der Waals surface area contributed by atoms with Crippen LogP contribution < -0.4 is 15.4 Å². The Hall–Kier alpha value is -3.61. The van der Waals surface area contributed by atoms with Crippen molar-refractivity contribution in [3.8, 4) is 11.5 Å². The third-order valence-corrected chi connectivity index (χ3v) is 3.55. The van der Waals surface area contributed by atoms with E-state index in [4.69, 9.17) is 4.74 Å². The second-order valence-corrected chi connectivity index (χ2v) is 5.49. The van der Waals surface area contributed by atoms with Crippen molar-refractivity contribution >= 4 is 17.5 Å². The van der Waals surface area contributed by atoms with Crippen LogP contribution >= 0.6 is 0 Å². The maximum atomic E-state index is 12.1. The summed E-state index contributed by atoms with van der Waals surface area (Å²) in [6, 6.07) is 16.0. The lowest BCUT2D eigenvalue weighted by atomic mass is 10.2. The van der Waals surface area contributed by atoms with E-state index in [0.717, 1.165) is 0 Å². The van der Waals surface area contributed by atoms with Gasteiger partial charge in [0.25, 0.3) is 5.91 Å². The highest BCUT2D eigenvalue weighted by atomic mass is 16.5. The Morgan fingerprint density at radius 2 is 1.77 bits per heavy atom. The summed E-state index contributed by atoms with van der Waals surface area (Å²) in [6.07, 6.45) is 3.21. The molecule has 0 unspecified atom stereocenters. The Labute approximate surface area is 150 Å². The molecule has 132 valence electrons. The highest BCUT2D eigenvalue weighted by Gasteiger charge is 2.08. The second kappa shape index (κ2) is 7.98. The van der Waals surface area contributed by atoms with Crippen LogP contribution in [0.25, 0.3) is 0 Å². The van der Waals surface area contributed by atoms with Crippen LogP contribution in [0.3, 0.4) is 0 Å². The molecule has 0 radical (unpaired) electrons. The molecule has 7 nitrogen and oxygen atoms in total. The number of amides is 2. The predicted molar refractivity (Wildman–Crippen MR) is 97.2 cm³/mol. The fourth-order valence-corrected chi connectivity index (χ4v) is 2.31. The molecule has 0 saturated carbocycles. The van der Waals surface area contributed by atoms with Gasteiger partial charge in [0.2, 0.25) is 5.91 Å². The molecule has 3 rings (SSSR count). The van der Waals surface area contributed by atoms with Crippen LogP contribution in [0.4, 0.5) is 5.69 Å². The number of carbonyl (C=O) groups excluding carboxylic acids is 2. The van der Waals surface area contributed by atoms with Crippen LogP contribution in [0.2, 0.25) is 0 Å². The van der Waals surface area contributed by atoms with Crippen molar-refractivity contribution in [1.29, 1.82) is 0 Å². The minimum atomic E-state index is -0.230. The van der Waals surface area contributed by atoms with E-state index in [9.17, 15) is 9.59 Å². The van der Waals surface area contributed by atoms with Gasteiger partial charge in [-0.05, 0) is 36.4 Å². The number of aromatic nitrogens is 2. The predicted octanol–water partition coefficient (Wildman–Crippen LogP) is 2.67. The first-order chi connectivity index (χ1) is 12.6. The van der Waals surface area contributed by atoms with Crippen molar-refractivity contribution in [2.24, 2.45) is 0 Å². The highest BCUT2D eigenvalue weighted by Crippen LogP contribution is 2.19. The Morgan fingerprint density at radius 3 is 2.46 bits per heavy atom. The summed E-state index contributed by atoms with van der Waals surface area (Å²) >= 11 is 0. The molecular weight excluding hydrogens is 332 g/mol. The topological polar surface area (TPSA) is 85.2 Å². The Morgan fingerprint density at radius 1 is 1.04 bits per heavy atom. The maximum Gasteiger partial charge on any atom is 0.251 e. The summed E-state index contributed by atoms with van der Waals surface area (Å²) in [5, 5.41) is 9.43. The average molecular weight is 350 g/mol. The zero-order valence-corrected chi connectivity index (χ0v) is 14.2. The van der Waals surface area contributed by atoms with E-state index >= 15 is 0 Å². The molecule has 26 heavy (non-hydrogen) atoms. The van der Waals surface area contributed by atoms with Gasteiger partial charge >= 0.3 is 0 Å². The molecule has 0 bridgehead atoms. The first-order valence-electron chi connectivity index (χ1n) is 8.01.